The van der Waals surface area contributed by atoms with Crippen LogP contribution in [0.5, 0.6) is 0 Å². The van der Waals surface area contributed by atoms with Crippen LogP contribution in [-0.4, -0.2) is 11.8 Å². The third-order valence-electron chi connectivity index (χ3n) is 0.439. The Bertz CT molecular complexity index is 81.8. The summed E-state index contributed by atoms with van der Waals surface area (Å²) in [5.41, 5.74) is 0. The average Bonchev–Trinajstić information content (AvgIpc) is 1.68. The van der Waals surface area contributed by atoms with E-state index in [2.05, 4.69) is 24.5 Å². The van der Waals surface area contributed by atoms with Crippen LogP contribution in [0.1, 0.15) is 0 Å². The van der Waals surface area contributed by atoms with E-state index in [1.165, 1.54) is 6.08 Å². The van der Waals surface area contributed by atoms with Crippen molar-refractivity contribution in [2.45, 2.75) is 0 Å². The van der Waals surface area contributed by atoms with E-state index in [4.69, 9.17) is 0 Å². The summed E-state index contributed by atoms with van der Waals surface area (Å²) in [4.78, 5) is 10.1. The van der Waals surface area contributed by atoms with Crippen LogP contribution in [0, 0.1) is 0 Å². The van der Waals surface area contributed by atoms with Crippen molar-refractivity contribution >= 4 is 18.5 Å². The molecule has 0 aromatic carbocycles. The number of amides is 1. The maximum absolute atomic E-state index is 10.1. The van der Waals surface area contributed by atoms with Gasteiger partial charge in [0, 0.05) is 0 Å². The summed E-state index contributed by atoms with van der Waals surface area (Å²) in [7, 11) is 0. The van der Waals surface area contributed by atoms with Crippen LogP contribution in [0.25, 0.3) is 0 Å². The van der Waals surface area contributed by atoms with Crippen LogP contribution in [0.3, 0.4) is 0 Å². The molecule has 0 fully saturated rings. The van der Waals surface area contributed by atoms with Crippen molar-refractivity contribution in [2.24, 2.45) is 0 Å². The second-order valence-corrected chi connectivity index (χ2v) is 1.22. The van der Waals surface area contributed by atoms with Gasteiger partial charge in [-0.05, 0) is 6.08 Å². The van der Waals surface area contributed by atoms with Crippen molar-refractivity contribution < 1.29 is 4.79 Å². The van der Waals surface area contributed by atoms with Crippen LogP contribution in [0.15, 0.2) is 12.7 Å². The fraction of sp³-hybridized carbons (Fsp3) is 0.250. The Morgan fingerprint density at radius 1 is 2.00 bits per heavy atom. The smallest absolute Gasteiger partial charge is 0.244 e. The molecule has 40 valence electrons. The lowest BCUT2D eigenvalue weighted by Crippen LogP contribution is -2.18. The van der Waals surface area contributed by atoms with Gasteiger partial charge in [0.25, 0.3) is 0 Å². The number of hydrogen-bond donors (Lipinski definition) is 2. The largest absolute Gasteiger partial charge is 0.344 e. The molecule has 0 rings (SSSR count). The Kier molecular flexibility index (Phi) is 3.50. The summed E-state index contributed by atoms with van der Waals surface area (Å²) < 4.78 is 0. The van der Waals surface area contributed by atoms with Crippen LogP contribution < -0.4 is 5.32 Å². The van der Waals surface area contributed by atoms with Gasteiger partial charge in [-0.1, -0.05) is 6.58 Å². The second-order valence-electron chi connectivity index (χ2n) is 0.903. The number of nitrogens with one attached hydrogen (secondary N) is 1. The highest BCUT2D eigenvalue weighted by molar-refractivity contribution is 7.80. The highest BCUT2D eigenvalue weighted by Crippen LogP contribution is 1.66. The zero-order valence-electron chi connectivity index (χ0n) is 3.85. The highest BCUT2D eigenvalue weighted by atomic mass is 32.1. The first-order chi connectivity index (χ1) is 3.31. The molecule has 0 radical (unpaired) electrons. The van der Waals surface area contributed by atoms with Gasteiger partial charge in [0.2, 0.25) is 5.91 Å². The number of carbonyl (C=O) groups excluding carboxylic acids is 1. The lowest BCUT2D eigenvalue weighted by molar-refractivity contribution is -0.116. The summed E-state index contributed by atoms with van der Waals surface area (Å²) in [5.74, 6) is 0.181. The topological polar surface area (TPSA) is 29.1 Å². The number of carbonyl (C=O) groups is 1. The van der Waals surface area contributed by atoms with Crippen LogP contribution in [0.4, 0.5) is 0 Å². The monoisotopic (exact) mass is 117 g/mol. The summed E-state index contributed by atoms with van der Waals surface area (Å²) in [5, 5.41) is 2.40. The summed E-state index contributed by atoms with van der Waals surface area (Å²) in [6.45, 7) is 3.23. The molecule has 0 bridgehead atoms. The molecule has 0 atom stereocenters. The first-order valence-corrected chi connectivity index (χ1v) is 2.45. The molecular formula is C4H7NOS. The van der Waals surface area contributed by atoms with E-state index in [1.807, 2.05) is 0 Å². The van der Waals surface area contributed by atoms with E-state index in [0.717, 1.165) is 0 Å². The molecule has 1 N–H and O–H groups in total. The molecule has 0 saturated heterocycles. The van der Waals surface area contributed by atoms with Gasteiger partial charge in [-0.25, -0.2) is 0 Å². The molecule has 0 aliphatic carbocycles. The Labute approximate surface area is 48.0 Å². The number of rotatable bonds is 2. The zero-order chi connectivity index (χ0) is 5.70. The Morgan fingerprint density at radius 3 is 2.71 bits per heavy atom. The molecular weight excluding hydrogens is 110 g/mol. The molecule has 1 amide bonds. The molecule has 0 spiro atoms. The van der Waals surface area contributed by atoms with Crippen LogP contribution >= 0.6 is 12.6 Å². The van der Waals surface area contributed by atoms with Crippen molar-refractivity contribution in [3.05, 3.63) is 12.7 Å². The first kappa shape index (κ1) is 6.56. The van der Waals surface area contributed by atoms with Gasteiger partial charge >= 0.3 is 0 Å². The molecule has 0 unspecified atom stereocenters. The van der Waals surface area contributed by atoms with E-state index >= 15 is 0 Å². The number of thiol groups is 1. The van der Waals surface area contributed by atoms with E-state index in [0.29, 0.717) is 5.88 Å². The maximum atomic E-state index is 10.1. The van der Waals surface area contributed by atoms with Gasteiger partial charge < -0.3 is 5.32 Å². The van der Waals surface area contributed by atoms with Crippen LogP contribution in [0.2, 0.25) is 0 Å². The molecule has 2 nitrogen and oxygen atoms in total. The molecule has 0 heterocycles. The Morgan fingerprint density at radius 2 is 2.57 bits per heavy atom. The summed E-state index contributed by atoms with van der Waals surface area (Å²) in [6.07, 6.45) is 1.20. The van der Waals surface area contributed by atoms with Gasteiger partial charge in [0.15, 0.2) is 0 Å². The van der Waals surface area contributed by atoms with Crippen LogP contribution in [-0.2, 0) is 4.79 Å². The van der Waals surface area contributed by atoms with Crippen molar-refractivity contribution in [1.82, 2.24) is 5.32 Å². The van der Waals surface area contributed by atoms with Gasteiger partial charge in [0.1, 0.15) is 0 Å². The summed E-state index contributed by atoms with van der Waals surface area (Å²) >= 11 is 3.73. The normalized spacial score (nSPS) is 7.57. The standard InChI is InChI=1S/C4H7NOS/c1-2-4(6)5-3-7/h2,7H,1,3H2,(H,5,6). The lowest BCUT2D eigenvalue weighted by atomic mass is 10.6. The fourth-order valence-electron chi connectivity index (χ4n) is 0.150. The third kappa shape index (κ3) is 3.39. The first-order valence-electron chi connectivity index (χ1n) is 1.82. The zero-order valence-corrected chi connectivity index (χ0v) is 4.74. The lowest BCUT2D eigenvalue weighted by Gasteiger charge is -1.89. The predicted octanol–water partition coefficient (Wildman–Crippen LogP) is 0.176. The predicted molar refractivity (Wildman–Crippen MR) is 32.2 cm³/mol. The number of hydrogen-bond acceptors (Lipinski definition) is 2. The van der Waals surface area contributed by atoms with E-state index in [-0.39, 0.29) is 5.91 Å². The van der Waals surface area contributed by atoms with Crippen molar-refractivity contribution in [1.29, 1.82) is 0 Å². The van der Waals surface area contributed by atoms with Gasteiger partial charge in [0.05, 0.1) is 5.88 Å². The minimum absolute atomic E-state index is 0.185. The highest BCUT2D eigenvalue weighted by Gasteiger charge is 1.84. The summed E-state index contributed by atoms with van der Waals surface area (Å²) in [6, 6.07) is 0. The van der Waals surface area contributed by atoms with Crippen molar-refractivity contribution in [2.75, 3.05) is 5.88 Å². The molecule has 0 aromatic rings. The maximum Gasteiger partial charge on any atom is 0.244 e. The molecule has 0 aliphatic heterocycles. The molecule has 7 heavy (non-hydrogen) atoms. The third-order valence-corrected chi connectivity index (χ3v) is 0.597. The second kappa shape index (κ2) is 3.74. The Balaban J connectivity index is 3.17. The van der Waals surface area contributed by atoms with Gasteiger partial charge in [-0.15, -0.1) is 0 Å². The van der Waals surface area contributed by atoms with E-state index in [1.54, 1.807) is 0 Å². The van der Waals surface area contributed by atoms with Crippen molar-refractivity contribution in [3.8, 4) is 0 Å². The van der Waals surface area contributed by atoms with Gasteiger partial charge in [-0.3, -0.25) is 4.79 Å². The van der Waals surface area contributed by atoms with Gasteiger partial charge in [-0.2, -0.15) is 12.6 Å². The molecule has 0 saturated carbocycles. The van der Waals surface area contributed by atoms with E-state index in [9.17, 15) is 4.79 Å². The Hall–Kier alpha value is -0.440. The fourth-order valence-corrected chi connectivity index (χ4v) is 0.306. The minimum Gasteiger partial charge on any atom is -0.344 e. The molecule has 3 heteroatoms. The average molecular weight is 117 g/mol. The quantitative estimate of drug-likeness (QED) is 0.301. The molecule has 0 aromatic heterocycles. The van der Waals surface area contributed by atoms with E-state index < -0.39 is 0 Å². The molecule has 0 aliphatic rings. The SMILES string of the molecule is C=CC(=O)NCS. The van der Waals surface area contributed by atoms with Crippen molar-refractivity contribution in [3.63, 3.8) is 0 Å². The minimum atomic E-state index is -0.185.